The number of nitrogens with two attached hydrogens (primary N) is 2. The van der Waals surface area contributed by atoms with Crippen molar-refractivity contribution in [2.45, 2.75) is 33.1 Å². The summed E-state index contributed by atoms with van der Waals surface area (Å²) in [6.07, 6.45) is 2.44. The maximum atomic E-state index is 6.32. The smallest absolute Gasteiger partial charge is 0.0462 e. The molecule has 2 aromatic carbocycles. The van der Waals surface area contributed by atoms with Crippen LogP contribution in [-0.4, -0.2) is 0 Å². The first-order chi connectivity index (χ1) is 9.96. The van der Waals surface area contributed by atoms with E-state index in [2.05, 4.69) is 26.0 Å². The van der Waals surface area contributed by atoms with Gasteiger partial charge in [-0.25, -0.2) is 0 Å². The van der Waals surface area contributed by atoms with Crippen LogP contribution in [0.3, 0.4) is 0 Å². The van der Waals surface area contributed by atoms with Gasteiger partial charge in [0.05, 0.1) is 0 Å². The molecule has 0 aliphatic rings. The Morgan fingerprint density at radius 3 is 1.43 bits per heavy atom. The Balaban J connectivity index is 2.42. The lowest BCUT2D eigenvalue weighted by molar-refractivity contribution is 1.09. The maximum Gasteiger partial charge on any atom is 0.0462 e. The molecule has 0 saturated heterocycles. The third-order valence-corrected chi connectivity index (χ3v) is 4.46. The fraction of sp³-hybridized carbons (Fsp3) is 0.294. The van der Waals surface area contributed by atoms with Crippen molar-refractivity contribution in [1.82, 2.24) is 0 Å². The number of aryl methyl sites for hydroxylation is 2. The van der Waals surface area contributed by atoms with Gasteiger partial charge in [0.15, 0.2) is 0 Å². The Kier molecular flexibility index (Phi) is 5.02. The molecule has 21 heavy (non-hydrogen) atoms. The third-order valence-electron chi connectivity index (χ3n) is 3.76. The van der Waals surface area contributed by atoms with Crippen LogP contribution in [0.4, 0.5) is 11.4 Å². The lowest BCUT2D eigenvalue weighted by Gasteiger charge is -2.13. The molecule has 0 spiro atoms. The van der Waals surface area contributed by atoms with E-state index in [9.17, 15) is 0 Å². The maximum absolute atomic E-state index is 6.32. The summed E-state index contributed by atoms with van der Waals surface area (Å²) in [6, 6.07) is 7.77. The highest BCUT2D eigenvalue weighted by Crippen LogP contribution is 2.30. The molecule has 0 aliphatic heterocycles. The summed E-state index contributed by atoms with van der Waals surface area (Å²) in [4.78, 5) is 0. The predicted octanol–water partition coefficient (Wildman–Crippen LogP) is 4.87. The largest absolute Gasteiger partial charge is 0.398 e. The van der Waals surface area contributed by atoms with Gasteiger partial charge < -0.3 is 11.5 Å². The van der Waals surface area contributed by atoms with Crippen molar-refractivity contribution in [3.05, 3.63) is 56.6 Å². The van der Waals surface area contributed by atoms with E-state index < -0.39 is 0 Å². The van der Waals surface area contributed by atoms with Crippen molar-refractivity contribution in [3.8, 4) is 0 Å². The average molecular weight is 323 g/mol. The van der Waals surface area contributed by atoms with Crippen LogP contribution in [0.2, 0.25) is 10.0 Å². The lowest BCUT2D eigenvalue weighted by atomic mass is 9.98. The van der Waals surface area contributed by atoms with Crippen LogP contribution in [0.15, 0.2) is 24.3 Å². The minimum absolute atomic E-state index is 0.677. The van der Waals surface area contributed by atoms with Crippen molar-refractivity contribution in [2.75, 3.05) is 11.5 Å². The highest BCUT2D eigenvalue weighted by molar-refractivity contribution is 6.32. The number of halogens is 2. The fourth-order valence-electron chi connectivity index (χ4n) is 2.46. The molecule has 2 rings (SSSR count). The normalized spacial score (nSPS) is 10.9. The second-order valence-corrected chi connectivity index (χ2v) is 5.98. The highest BCUT2D eigenvalue weighted by atomic mass is 35.5. The molecular formula is C17H20Cl2N2. The fourth-order valence-corrected chi connectivity index (χ4v) is 2.94. The predicted molar refractivity (Wildman–Crippen MR) is 93.3 cm³/mol. The molecule has 0 radical (unpaired) electrons. The van der Waals surface area contributed by atoms with Crippen LogP contribution < -0.4 is 11.5 Å². The summed E-state index contributed by atoms with van der Waals surface area (Å²) >= 11 is 12.6. The Labute approximate surface area is 136 Å². The van der Waals surface area contributed by atoms with Crippen LogP contribution in [-0.2, 0) is 19.3 Å². The Hall–Kier alpha value is -1.38. The summed E-state index contributed by atoms with van der Waals surface area (Å²) in [5.41, 5.74) is 17.7. The van der Waals surface area contributed by atoms with E-state index in [1.165, 1.54) is 0 Å². The molecule has 0 fully saturated rings. The number of benzene rings is 2. The zero-order valence-electron chi connectivity index (χ0n) is 12.3. The first-order valence-corrected chi connectivity index (χ1v) is 7.85. The van der Waals surface area contributed by atoms with Crippen LogP contribution in [0.25, 0.3) is 0 Å². The second-order valence-electron chi connectivity index (χ2n) is 5.17. The zero-order chi connectivity index (χ0) is 15.6. The highest BCUT2D eigenvalue weighted by Gasteiger charge is 2.11. The van der Waals surface area contributed by atoms with Gasteiger partial charge in [-0.1, -0.05) is 49.2 Å². The summed E-state index contributed by atoms with van der Waals surface area (Å²) in [7, 11) is 0. The Bertz CT molecular complexity index is 609. The molecular weight excluding hydrogens is 303 g/mol. The molecule has 4 N–H and O–H groups in total. The van der Waals surface area contributed by atoms with Crippen molar-refractivity contribution in [1.29, 1.82) is 0 Å². The summed E-state index contributed by atoms with van der Waals surface area (Å²) in [5.74, 6) is 0. The van der Waals surface area contributed by atoms with Crippen molar-refractivity contribution in [2.24, 2.45) is 0 Å². The van der Waals surface area contributed by atoms with Crippen molar-refractivity contribution >= 4 is 34.6 Å². The van der Waals surface area contributed by atoms with Gasteiger partial charge in [0.2, 0.25) is 0 Å². The van der Waals surface area contributed by atoms with E-state index in [-0.39, 0.29) is 0 Å². The van der Waals surface area contributed by atoms with E-state index in [0.29, 0.717) is 16.5 Å². The molecule has 0 bridgehead atoms. The quantitative estimate of drug-likeness (QED) is 0.788. The second kappa shape index (κ2) is 6.59. The van der Waals surface area contributed by atoms with Gasteiger partial charge in [-0.3, -0.25) is 0 Å². The standard InChI is InChI=1S/C17H20Cl2N2/c1-3-10-5-12(14(18)8-16(10)20)7-13-6-11(4-2)17(21)9-15(13)19/h5-6,8-9H,3-4,7,20-21H2,1-2H3. The Morgan fingerprint density at radius 1 is 0.714 bits per heavy atom. The molecule has 0 aliphatic carbocycles. The van der Waals surface area contributed by atoms with E-state index in [0.717, 1.165) is 46.5 Å². The SMILES string of the molecule is CCc1cc(Cc2cc(CC)c(N)cc2Cl)c(Cl)cc1N. The first-order valence-electron chi connectivity index (χ1n) is 7.09. The average Bonchev–Trinajstić information content (AvgIpc) is 2.44. The molecule has 2 aromatic rings. The molecule has 4 heteroatoms. The summed E-state index contributed by atoms with van der Waals surface area (Å²) in [6.45, 7) is 4.16. The van der Waals surface area contributed by atoms with Gasteiger partial charge in [0.1, 0.15) is 0 Å². The van der Waals surface area contributed by atoms with Crippen LogP contribution in [0.1, 0.15) is 36.1 Å². The molecule has 112 valence electrons. The summed E-state index contributed by atoms with van der Waals surface area (Å²) < 4.78 is 0. The van der Waals surface area contributed by atoms with Crippen molar-refractivity contribution < 1.29 is 0 Å². The van der Waals surface area contributed by atoms with Gasteiger partial charge >= 0.3 is 0 Å². The van der Waals surface area contributed by atoms with Gasteiger partial charge in [-0.05, 0) is 47.2 Å². The first kappa shape index (κ1) is 16.0. The molecule has 0 unspecified atom stereocenters. The monoisotopic (exact) mass is 322 g/mol. The minimum Gasteiger partial charge on any atom is -0.398 e. The van der Waals surface area contributed by atoms with Crippen LogP contribution in [0, 0.1) is 0 Å². The molecule has 0 amide bonds. The third kappa shape index (κ3) is 3.45. The number of rotatable bonds is 4. The number of anilines is 2. The lowest BCUT2D eigenvalue weighted by Crippen LogP contribution is -2.00. The van der Waals surface area contributed by atoms with Gasteiger partial charge in [0.25, 0.3) is 0 Å². The molecule has 0 heterocycles. The van der Waals surface area contributed by atoms with E-state index >= 15 is 0 Å². The van der Waals surface area contributed by atoms with E-state index in [4.69, 9.17) is 34.7 Å². The Morgan fingerprint density at radius 2 is 1.10 bits per heavy atom. The number of hydrogen-bond donors (Lipinski definition) is 2. The van der Waals surface area contributed by atoms with Crippen LogP contribution >= 0.6 is 23.2 Å². The van der Waals surface area contributed by atoms with Crippen molar-refractivity contribution in [3.63, 3.8) is 0 Å². The molecule has 0 aromatic heterocycles. The van der Waals surface area contributed by atoms with Gasteiger partial charge in [-0.2, -0.15) is 0 Å². The minimum atomic E-state index is 0.677. The van der Waals surface area contributed by atoms with Crippen LogP contribution in [0.5, 0.6) is 0 Å². The van der Waals surface area contributed by atoms with E-state index in [1.807, 2.05) is 12.1 Å². The van der Waals surface area contributed by atoms with Gasteiger partial charge in [0, 0.05) is 27.8 Å². The summed E-state index contributed by atoms with van der Waals surface area (Å²) in [5, 5.41) is 1.35. The molecule has 0 saturated carbocycles. The molecule has 0 atom stereocenters. The number of hydrogen-bond acceptors (Lipinski definition) is 2. The van der Waals surface area contributed by atoms with Gasteiger partial charge in [-0.15, -0.1) is 0 Å². The zero-order valence-corrected chi connectivity index (χ0v) is 13.9. The molecule has 2 nitrogen and oxygen atoms in total. The van der Waals surface area contributed by atoms with E-state index in [1.54, 1.807) is 0 Å². The number of nitrogen functional groups attached to an aromatic ring is 2. The topological polar surface area (TPSA) is 52.0 Å².